The highest BCUT2D eigenvalue weighted by Crippen LogP contribution is 2.39. The third-order valence-electron chi connectivity index (χ3n) is 3.24. The average molecular weight is 373 g/mol. The number of rotatable bonds is 2. The molecule has 0 fully saturated rings. The first-order valence-electron chi connectivity index (χ1n) is 6.55. The maximum atomic E-state index is 12.8. The molecule has 0 saturated heterocycles. The van der Waals surface area contributed by atoms with Gasteiger partial charge in [0, 0.05) is 28.5 Å². The summed E-state index contributed by atoms with van der Waals surface area (Å²) in [5, 5.41) is 2.79. The average Bonchev–Trinajstić information content (AvgIpc) is 2.85. The predicted molar refractivity (Wildman–Crippen MR) is 86.9 cm³/mol. The van der Waals surface area contributed by atoms with E-state index in [9.17, 15) is 22.8 Å². The minimum Gasteiger partial charge on any atom is -0.366 e. The number of carbonyl (C=O) groups excluding carboxylic acids is 1. The summed E-state index contributed by atoms with van der Waals surface area (Å²) < 4.78 is 38.5. The molecule has 0 saturated carbocycles. The number of aromatic nitrogens is 1. The summed E-state index contributed by atoms with van der Waals surface area (Å²) in [7, 11) is 0. The van der Waals surface area contributed by atoms with Crippen molar-refractivity contribution in [2.75, 3.05) is 5.32 Å². The van der Waals surface area contributed by atoms with Crippen LogP contribution < -0.4 is 10.7 Å². The lowest BCUT2D eigenvalue weighted by Gasteiger charge is -2.05. The number of anilines is 1. The van der Waals surface area contributed by atoms with Gasteiger partial charge in [-0.15, -0.1) is 11.3 Å². The molecule has 1 aromatic carbocycles. The number of aromatic amines is 1. The monoisotopic (exact) mass is 372 g/mol. The number of hydrogen-bond acceptors (Lipinski definition) is 3. The third kappa shape index (κ3) is 3.02. The van der Waals surface area contributed by atoms with E-state index in [1.165, 1.54) is 24.5 Å². The summed E-state index contributed by atoms with van der Waals surface area (Å²) in [5.74, 6) is -0.661. The molecule has 0 aliphatic rings. The second-order valence-electron chi connectivity index (χ2n) is 4.83. The van der Waals surface area contributed by atoms with Crippen molar-refractivity contribution in [1.29, 1.82) is 0 Å². The van der Waals surface area contributed by atoms with Crippen LogP contribution in [0.15, 0.2) is 41.5 Å². The van der Waals surface area contributed by atoms with Gasteiger partial charge in [-0.05, 0) is 12.1 Å². The highest BCUT2D eigenvalue weighted by Gasteiger charge is 2.31. The van der Waals surface area contributed by atoms with Gasteiger partial charge in [0.1, 0.15) is 10.6 Å². The Morgan fingerprint density at radius 2 is 2.00 bits per heavy atom. The Morgan fingerprint density at radius 1 is 1.25 bits per heavy atom. The van der Waals surface area contributed by atoms with E-state index in [0.29, 0.717) is 5.39 Å². The van der Waals surface area contributed by atoms with Crippen LogP contribution in [0.1, 0.15) is 15.2 Å². The lowest BCUT2D eigenvalue weighted by molar-refractivity contribution is -0.137. The molecule has 0 bridgehead atoms. The fraction of sp³-hybridized carbons (Fsp3) is 0.0667. The molecule has 24 heavy (non-hydrogen) atoms. The Balaban J connectivity index is 2.00. The summed E-state index contributed by atoms with van der Waals surface area (Å²) in [5.41, 5.74) is -1.20. The zero-order valence-corrected chi connectivity index (χ0v) is 13.3. The Labute approximate surface area is 141 Å². The molecule has 9 heteroatoms. The molecule has 2 heterocycles. The van der Waals surface area contributed by atoms with Crippen LogP contribution in [0.2, 0.25) is 5.02 Å². The minimum atomic E-state index is -4.48. The van der Waals surface area contributed by atoms with Crippen molar-refractivity contribution in [2.24, 2.45) is 0 Å². The Hall–Kier alpha value is -2.32. The summed E-state index contributed by atoms with van der Waals surface area (Å²) >= 11 is 6.94. The topological polar surface area (TPSA) is 62.0 Å². The number of thiophene rings is 1. The molecule has 3 rings (SSSR count). The van der Waals surface area contributed by atoms with E-state index in [-0.39, 0.29) is 20.3 Å². The molecule has 1 amide bonds. The van der Waals surface area contributed by atoms with E-state index in [0.717, 1.165) is 23.5 Å². The number of fused-ring (bicyclic) bond motifs is 1. The summed E-state index contributed by atoms with van der Waals surface area (Å²) in [6.07, 6.45) is -1.77. The van der Waals surface area contributed by atoms with Crippen LogP contribution >= 0.6 is 22.9 Å². The molecule has 0 aliphatic heterocycles. The first-order chi connectivity index (χ1) is 11.3. The lowest BCUT2D eigenvalue weighted by Crippen LogP contribution is -2.17. The first kappa shape index (κ1) is 16.5. The molecule has 4 nitrogen and oxygen atoms in total. The van der Waals surface area contributed by atoms with Crippen molar-refractivity contribution in [1.82, 2.24) is 4.98 Å². The van der Waals surface area contributed by atoms with Crippen molar-refractivity contribution in [3.8, 4) is 0 Å². The minimum absolute atomic E-state index is 0.0204. The number of pyridine rings is 1. The molecule has 2 aromatic heterocycles. The van der Waals surface area contributed by atoms with E-state index < -0.39 is 23.1 Å². The van der Waals surface area contributed by atoms with Crippen molar-refractivity contribution in [3.63, 3.8) is 0 Å². The standard InChI is InChI=1S/C15H8ClF3N2O2S/c16-12-8-2-1-7(15(17,18)19)5-11(8)24-13(12)14(23)21-9-6-20-4-3-10(9)22/h1-6H,(H,20,22)(H,21,23). The fourth-order valence-corrected chi connectivity index (χ4v) is 3.53. The molecule has 0 unspecified atom stereocenters. The van der Waals surface area contributed by atoms with E-state index in [1.807, 2.05) is 0 Å². The number of hydrogen-bond donors (Lipinski definition) is 2. The van der Waals surface area contributed by atoms with Gasteiger partial charge in [-0.2, -0.15) is 13.2 Å². The second kappa shape index (κ2) is 5.95. The van der Waals surface area contributed by atoms with Gasteiger partial charge in [-0.3, -0.25) is 9.59 Å². The number of nitrogens with one attached hydrogen (secondary N) is 2. The lowest BCUT2D eigenvalue weighted by atomic mass is 10.1. The Kier molecular flexibility index (Phi) is 4.10. The molecule has 0 spiro atoms. The Morgan fingerprint density at radius 3 is 2.67 bits per heavy atom. The van der Waals surface area contributed by atoms with Gasteiger partial charge in [0.2, 0.25) is 5.43 Å². The molecule has 0 radical (unpaired) electrons. The van der Waals surface area contributed by atoms with Gasteiger partial charge < -0.3 is 10.3 Å². The zero-order chi connectivity index (χ0) is 17.5. The number of H-pyrrole nitrogens is 1. The third-order valence-corrected chi connectivity index (χ3v) is 4.89. The molecule has 3 aromatic rings. The van der Waals surface area contributed by atoms with Gasteiger partial charge in [-0.1, -0.05) is 17.7 Å². The van der Waals surface area contributed by atoms with Crippen molar-refractivity contribution < 1.29 is 18.0 Å². The van der Waals surface area contributed by atoms with E-state index in [1.54, 1.807) is 0 Å². The molecular weight excluding hydrogens is 365 g/mol. The predicted octanol–water partition coefficient (Wildman–Crippen LogP) is 4.51. The molecule has 124 valence electrons. The van der Waals surface area contributed by atoms with Crippen molar-refractivity contribution in [3.05, 3.63) is 62.3 Å². The first-order valence-corrected chi connectivity index (χ1v) is 7.74. The highest BCUT2D eigenvalue weighted by atomic mass is 35.5. The van der Waals surface area contributed by atoms with Gasteiger partial charge in [0.25, 0.3) is 5.91 Å². The van der Waals surface area contributed by atoms with Gasteiger partial charge in [0.05, 0.1) is 10.6 Å². The van der Waals surface area contributed by atoms with E-state index in [2.05, 4.69) is 10.3 Å². The Bertz CT molecular complexity index is 994. The summed E-state index contributed by atoms with van der Waals surface area (Å²) in [6, 6.07) is 4.31. The van der Waals surface area contributed by atoms with Crippen molar-refractivity contribution >= 4 is 44.6 Å². The van der Waals surface area contributed by atoms with E-state index >= 15 is 0 Å². The molecule has 0 atom stereocenters. The van der Waals surface area contributed by atoms with Gasteiger partial charge in [-0.25, -0.2) is 0 Å². The van der Waals surface area contributed by atoms with E-state index in [4.69, 9.17) is 11.6 Å². The van der Waals surface area contributed by atoms with Crippen LogP contribution in [-0.2, 0) is 6.18 Å². The largest absolute Gasteiger partial charge is 0.416 e. The van der Waals surface area contributed by atoms with Crippen LogP contribution in [0, 0.1) is 0 Å². The van der Waals surface area contributed by atoms with Crippen LogP contribution in [0.3, 0.4) is 0 Å². The van der Waals surface area contributed by atoms with Gasteiger partial charge >= 0.3 is 6.18 Å². The maximum Gasteiger partial charge on any atom is 0.416 e. The van der Waals surface area contributed by atoms with Crippen LogP contribution in [-0.4, -0.2) is 10.9 Å². The second-order valence-corrected chi connectivity index (χ2v) is 6.26. The molecule has 0 aliphatic carbocycles. The van der Waals surface area contributed by atoms with Crippen LogP contribution in [0.5, 0.6) is 0 Å². The number of amides is 1. The van der Waals surface area contributed by atoms with Crippen molar-refractivity contribution in [2.45, 2.75) is 6.18 Å². The number of halogens is 4. The maximum absolute atomic E-state index is 12.8. The molecular formula is C15H8ClF3N2O2S. The number of alkyl halides is 3. The smallest absolute Gasteiger partial charge is 0.366 e. The highest BCUT2D eigenvalue weighted by molar-refractivity contribution is 7.21. The van der Waals surface area contributed by atoms with Gasteiger partial charge in [0.15, 0.2) is 0 Å². The normalized spacial score (nSPS) is 11.7. The van der Waals surface area contributed by atoms with Crippen LogP contribution in [0.4, 0.5) is 18.9 Å². The number of benzene rings is 1. The summed E-state index contributed by atoms with van der Waals surface area (Å²) in [4.78, 5) is 26.6. The zero-order valence-electron chi connectivity index (χ0n) is 11.7. The fourth-order valence-electron chi connectivity index (χ4n) is 2.08. The quantitative estimate of drug-likeness (QED) is 0.695. The number of carbonyl (C=O) groups is 1. The molecule has 2 N–H and O–H groups in total. The summed E-state index contributed by atoms with van der Waals surface area (Å²) in [6.45, 7) is 0. The van der Waals surface area contributed by atoms with Crippen LogP contribution in [0.25, 0.3) is 10.1 Å². The SMILES string of the molecule is O=C(Nc1c[nH]ccc1=O)c1sc2cc(C(F)(F)F)ccc2c1Cl.